The van der Waals surface area contributed by atoms with Gasteiger partial charge in [-0.3, -0.25) is 9.59 Å². The summed E-state index contributed by atoms with van der Waals surface area (Å²) in [4.78, 5) is 25.4. The van der Waals surface area contributed by atoms with Crippen molar-refractivity contribution in [1.82, 2.24) is 15.1 Å². The molecular weight excluding hydrogens is 312 g/mol. The number of carbonyl (C=O) groups excluding carboxylic acids is 2. The van der Waals surface area contributed by atoms with Crippen molar-refractivity contribution >= 4 is 28.3 Å². The van der Waals surface area contributed by atoms with Crippen molar-refractivity contribution < 1.29 is 9.59 Å². The number of piperidine rings is 1. The molecule has 0 aliphatic carbocycles. The monoisotopic (exact) mass is 330 g/mol. The van der Waals surface area contributed by atoms with Crippen LogP contribution < -0.4 is 5.32 Å². The number of nitrogens with zero attached hydrogens (tertiary/aromatic N) is 3. The van der Waals surface area contributed by atoms with E-state index in [4.69, 9.17) is 0 Å². The third-order valence-electron chi connectivity index (χ3n) is 3.99. The quantitative estimate of drug-likeness (QED) is 0.938. The summed E-state index contributed by atoms with van der Waals surface area (Å²) in [7, 11) is 0. The first-order chi connectivity index (χ1) is 11.1. The van der Waals surface area contributed by atoms with E-state index in [2.05, 4.69) is 15.5 Å². The van der Waals surface area contributed by atoms with E-state index >= 15 is 0 Å². The SMILES string of the molecule is CC(=O)N1CCC(C(=O)Nc2nnc(-c3ccccc3)s2)CC1. The second-order valence-corrected chi connectivity index (χ2v) is 6.53. The van der Waals surface area contributed by atoms with E-state index in [1.54, 1.807) is 11.8 Å². The first-order valence-corrected chi connectivity index (χ1v) is 8.40. The van der Waals surface area contributed by atoms with Gasteiger partial charge in [-0.05, 0) is 12.8 Å². The molecule has 7 heteroatoms. The molecule has 1 fully saturated rings. The number of nitrogens with one attached hydrogen (secondary N) is 1. The Morgan fingerprint density at radius 3 is 2.52 bits per heavy atom. The Morgan fingerprint density at radius 2 is 1.87 bits per heavy atom. The second kappa shape index (κ2) is 6.87. The van der Waals surface area contributed by atoms with Gasteiger partial charge in [0.15, 0.2) is 0 Å². The zero-order valence-electron chi connectivity index (χ0n) is 12.9. The van der Waals surface area contributed by atoms with E-state index in [1.807, 2.05) is 30.3 Å². The highest BCUT2D eigenvalue weighted by atomic mass is 32.1. The Bertz CT molecular complexity index is 693. The van der Waals surface area contributed by atoms with Crippen LogP contribution in [-0.4, -0.2) is 40.0 Å². The Balaban J connectivity index is 1.59. The smallest absolute Gasteiger partial charge is 0.229 e. The number of hydrogen-bond donors (Lipinski definition) is 1. The maximum atomic E-state index is 12.3. The molecule has 0 bridgehead atoms. The highest BCUT2D eigenvalue weighted by Gasteiger charge is 2.26. The molecular formula is C16H18N4O2S. The van der Waals surface area contributed by atoms with Crippen molar-refractivity contribution in [3.8, 4) is 10.6 Å². The normalized spacial score (nSPS) is 15.4. The lowest BCUT2D eigenvalue weighted by Crippen LogP contribution is -2.40. The van der Waals surface area contributed by atoms with Gasteiger partial charge in [-0.15, -0.1) is 10.2 Å². The van der Waals surface area contributed by atoms with Crippen molar-refractivity contribution in [3.63, 3.8) is 0 Å². The maximum absolute atomic E-state index is 12.3. The minimum absolute atomic E-state index is 0.0380. The van der Waals surface area contributed by atoms with Gasteiger partial charge in [-0.2, -0.15) is 0 Å². The Labute approximate surface area is 138 Å². The van der Waals surface area contributed by atoms with Gasteiger partial charge in [0.05, 0.1) is 0 Å². The molecule has 120 valence electrons. The molecule has 0 saturated carbocycles. The van der Waals surface area contributed by atoms with E-state index in [9.17, 15) is 9.59 Å². The molecule has 1 saturated heterocycles. The van der Waals surface area contributed by atoms with Crippen molar-refractivity contribution in [2.45, 2.75) is 19.8 Å². The molecule has 2 heterocycles. The number of aromatic nitrogens is 2. The average molecular weight is 330 g/mol. The summed E-state index contributed by atoms with van der Waals surface area (Å²) < 4.78 is 0. The standard InChI is InChI=1S/C16H18N4O2S/c1-11(21)20-9-7-12(8-10-20)14(22)17-16-19-18-15(23-16)13-5-3-2-4-6-13/h2-6,12H,7-10H2,1H3,(H,17,19,22). The minimum Gasteiger partial charge on any atom is -0.343 e. The molecule has 6 nitrogen and oxygen atoms in total. The van der Waals surface area contributed by atoms with Crippen LogP contribution in [0, 0.1) is 5.92 Å². The predicted octanol–water partition coefficient (Wildman–Crippen LogP) is 2.40. The third-order valence-corrected chi connectivity index (χ3v) is 4.87. The molecule has 0 atom stereocenters. The van der Waals surface area contributed by atoms with Crippen LogP contribution in [0.4, 0.5) is 5.13 Å². The molecule has 1 aliphatic rings. The average Bonchev–Trinajstić information content (AvgIpc) is 3.04. The fourth-order valence-corrected chi connectivity index (χ4v) is 3.39. The highest BCUT2D eigenvalue weighted by Crippen LogP contribution is 2.27. The molecule has 3 rings (SSSR count). The molecule has 2 aromatic rings. The number of anilines is 1. The lowest BCUT2D eigenvalue weighted by molar-refractivity contribution is -0.132. The fraction of sp³-hybridized carbons (Fsp3) is 0.375. The van der Waals surface area contributed by atoms with Crippen LogP contribution in [0.3, 0.4) is 0 Å². The van der Waals surface area contributed by atoms with Crippen LogP contribution in [-0.2, 0) is 9.59 Å². The summed E-state index contributed by atoms with van der Waals surface area (Å²) in [5.74, 6) is -0.0425. The summed E-state index contributed by atoms with van der Waals surface area (Å²) in [5.41, 5.74) is 0.986. The van der Waals surface area contributed by atoms with Crippen LogP contribution >= 0.6 is 11.3 Å². The van der Waals surface area contributed by atoms with Gasteiger partial charge in [0.2, 0.25) is 16.9 Å². The minimum atomic E-state index is -0.0744. The molecule has 23 heavy (non-hydrogen) atoms. The topological polar surface area (TPSA) is 75.2 Å². The second-order valence-electron chi connectivity index (χ2n) is 5.55. The molecule has 0 radical (unpaired) electrons. The zero-order valence-corrected chi connectivity index (χ0v) is 13.7. The van der Waals surface area contributed by atoms with Crippen molar-refractivity contribution in [3.05, 3.63) is 30.3 Å². The number of amides is 2. The Hall–Kier alpha value is -2.28. The van der Waals surface area contributed by atoms with Crippen LogP contribution in [0.25, 0.3) is 10.6 Å². The molecule has 1 aromatic heterocycles. The number of carbonyl (C=O) groups is 2. The van der Waals surface area contributed by atoms with E-state index in [-0.39, 0.29) is 17.7 Å². The number of rotatable bonds is 3. The number of benzene rings is 1. The molecule has 0 spiro atoms. The van der Waals surface area contributed by atoms with Gasteiger partial charge < -0.3 is 10.2 Å². The first-order valence-electron chi connectivity index (χ1n) is 7.59. The van der Waals surface area contributed by atoms with Crippen LogP contribution in [0.15, 0.2) is 30.3 Å². The third kappa shape index (κ3) is 3.73. The summed E-state index contributed by atoms with van der Waals surface area (Å²) >= 11 is 1.37. The zero-order chi connectivity index (χ0) is 16.2. The number of hydrogen-bond acceptors (Lipinski definition) is 5. The first kappa shape index (κ1) is 15.6. The molecule has 2 amide bonds. The van der Waals surface area contributed by atoms with Crippen molar-refractivity contribution in [2.75, 3.05) is 18.4 Å². The van der Waals surface area contributed by atoms with Gasteiger partial charge >= 0.3 is 0 Å². The van der Waals surface area contributed by atoms with Gasteiger partial charge in [0.25, 0.3) is 0 Å². The highest BCUT2D eigenvalue weighted by molar-refractivity contribution is 7.18. The Morgan fingerprint density at radius 1 is 1.17 bits per heavy atom. The Kier molecular flexibility index (Phi) is 4.66. The molecule has 1 N–H and O–H groups in total. The lowest BCUT2D eigenvalue weighted by Gasteiger charge is -2.30. The van der Waals surface area contributed by atoms with E-state index in [0.29, 0.717) is 31.1 Å². The summed E-state index contributed by atoms with van der Waals surface area (Å²) in [6.45, 7) is 2.84. The summed E-state index contributed by atoms with van der Waals surface area (Å²) in [5, 5.41) is 12.3. The molecule has 0 unspecified atom stereocenters. The van der Waals surface area contributed by atoms with Crippen LogP contribution in [0.1, 0.15) is 19.8 Å². The predicted molar refractivity (Wildman–Crippen MR) is 89.0 cm³/mol. The van der Waals surface area contributed by atoms with E-state index in [0.717, 1.165) is 10.6 Å². The van der Waals surface area contributed by atoms with E-state index < -0.39 is 0 Å². The van der Waals surface area contributed by atoms with E-state index in [1.165, 1.54) is 11.3 Å². The summed E-state index contributed by atoms with van der Waals surface area (Å²) in [6.07, 6.45) is 1.38. The molecule has 1 aromatic carbocycles. The summed E-state index contributed by atoms with van der Waals surface area (Å²) in [6, 6.07) is 9.75. The fourth-order valence-electron chi connectivity index (χ4n) is 2.64. The van der Waals surface area contributed by atoms with Crippen LogP contribution in [0.2, 0.25) is 0 Å². The van der Waals surface area contributed by atoms with Crippen molar-refractivity contribution in [2.24, 2.45) is 5.92 Å². The van der Waals surface area contributed by atoms with Gasteiger partial charge in [-0.1, -0.05) is 41.7 Å². The van der Waals surface area contributed by atoms with Crippen LogP contribution in [0.5, 0.6) is 0 Å². The molecule has 1 aliphatic heterocycles. The van der Waals surface area contributed by atoms with Gasteiger partial charge in [0.1, 0.15) is 5.01 Å². The number of likely N-dealkylation sites (tertiary alicyclic amines) is 1. The van der Waals surface area contributed by atoms with Gasteiger partial charge in [-0.25, -0.2) is 0 Å². The maximum Gasteiger partial charge on any atom is 0.229 e. The van der Waals surface area contributed by atoms with Crippen molar-refractivity contribution in [1.29, 1.82) is 0 Å². The van der Waals surface area contributed by atoms with Gasteiger partial charge in [0, 0.05) is 31.5 Å². The largest absolute Gasteiger partial charge is 0.343 e. The lowest BCUT2D eigenvalue weighted by atomic mass is 9.96.